The van der Waals surface area contributed by atoms with Gasteiger partial charge >= 0.3 is 0 Å². The number of hydrogen-bond donors (Lipinski definition) is 1. The van der Waals surface area contributed by atoms with E-state index < -0.39 is 6.10 Å². The second-order valence-electron chi connectivity index (χ2n) is 6.65. The van der Waals surface area contributed by atoms with E-state index in [-0.39, 0.29) is 18.7 Å². The number of ether oxygens (including phenoxy) is 1. The fraction of sp³-hybridized carbons (Fsp3) is 0.474. The van der Waals surface area contributed by atoms with Crippen molar-refractivity contribution in [2.75, 3.05) is 6.61 Å². The van der Waals surface area contributed by atoms with E-state index in [9.17, 15) is 9.90 Å². The average Bonchev–Trinajstić information content (AvgIpc) is 3.00. The third kappa shape index (κ3) is 3.67. The Kier molecular flexibility index (Phi) is 5.00. The van der Waals surface area contributed by atoms with Crippen molar-refractivity contribution in [3.8, 4) is 5.75 Å². The van der Waals surface area contributed by atoms with Crippen molar-refractivity contribution in [1.82, 2.24) is 9.78 Å². The number of fused-ring (bicyclic) bond motifs is 1. The second-order valence-corrected chi connectivity index (χ2v) is 6.65. The number of aryl methyl sites for hydroxylation is 2. The molecule has 0 saturated heterocycles. The van der Waals surface area contributed by atoms with E-state index in [1.54, 1.807) is 6.07 Å². The van der Waals surface area contributed by atoms with E-state index in [0.717, 1.165) is 41.8 Å². The van der Waals surface area contributed by atoms with Crippen LogP contribution in [0.15, 0.2) is 35.1 Å². The van der Waals surface area contributed by atoms with Gasteiger partial charge in [-0.05, 0) is 42.4 Å². The van der Waals surface area contributed by atoms with Crippen LogP contribution in [0.2, 0.25) is 0 Å². The number of aromatic nitrogens is 2. The molecule has 3 rings (SSSR count). The quantitative estimate of drug-likeness (QED) is 0.884. The molecule has 2 aromatic rings. The highest BCUT2D eigenvalue weighted by molar-refractivity contribution is 5.35. The van der Waals surface area contributed by atoms with Crippen LogP contribution in [0.3, 0.4) is 0 Å². The van der Waals surface area contributed by atoms with Crippen molar-refractivity contribution >= 4 is 0 Å². The van der Waals surface area contributed by atoms with Gasteiger partial charge < -0.3 is 9.84 Å². The SMILES string of the molecule is CC(C)c1ccccc1OCC(O)Cn1nc2c(cc1=O)CCC2. The Morgan fingerprint density at radius 1 is 1.29 bits per heavy atom. The summed E-state index contributed by atoms with van der Waals surface area (Å²) in [5.41, 5.74) is 2.98. The molecule has 1 unspecified atom stereocenters. The number of hydrogen-bond acceptors (Lipinski definition) is 4. The molecular weight excluding hydrogens is 304 g/mol. The zero-order valence-electron chi connectivity index (χ0n) is 14.2. The van der Waals surface area contributed by atoms with Crippen LogP contribution < -0.4 is 10.3 Å². The molecule has 1 aliphatic carbocycles. The maximum absolute atomic E-state index is 12.1. The second kappa shape index (κ2) is 7.18. The van der Waals surface area contributed by atoms with Crippen LogP contribution in [0, 0.1) is 0 Å². The van der Waals surface area contributed by atoms with Crippen LogP contribution in [-0.4, -0.2) is 27.6 Å². The number of para-hydroxylation sites is 1. The first kappa shape index (κ1) is 16.7. The van der Waals surface area contributed by atoms with Gasteiger partial charge in [-0.25, -0.2) is 4.68 Å². The molecule has 1 N–H and O–H groups in total. The van der Waals surface area contributed by atoms with E-state index in [0.29, 0.717) is 5.92 Å². The molecule has 0 aliphatic heterocycles. The van der Waals surface area contributed by atoms with Gasteiger partial charge in [-0.1, -0.05) is 32.0 Å². The first-order chi connectivity index (χ1) is 11.5. The van der Waals surface area contributed by atoms with Crippen LogP contribution in [-0.2, 0) is 19.4 Å². The Morgan fingerprint density at radius 2 is 2.08 bits per heavy atom. The molecule has 5 nitrogen and oxygen atoms in total. The number of rotatable bonds is 6. The van der Waals surface area contributed by atoms with E-state index in [1.165, 1.54) is 4.68 Å². The molecular formula is C19H24N2O3. The van der Waals surface area contributed by atoms with Crippen molar-refractivity contribution in [1.29, 1.82) is 0 Å². The monoisotopic (exact) mass is 328 g/mol. The highest BCUT2D eigenvalue weighted by Crippen LogP contribution is 2.25. The molecule has 24 heavy (non-hydrogen) atoms. The van der Waals surface area contributed by atoms with Gasteiger partial charge in [0.05, 0.1) is 12.2 Å². The van der Waals surface area contributed by atoms with Gasteiger partial charge in [-0.3, -0.25) is 4.79 Å². The highest BCUT2D eigenvalue weighted by Gasteiger charge is 2.17. The first-order valence-corrected chi connectivity index (χ1v) is 8.54. The van der Waals surface area contributed by atoms with E-state index in [2.05, 4.69) is 18.9 Å². The molecule has 1 aromatic carbocycles. The van der Waals surface area contributed by atoms with Gasteiger partial charge in [0.1, 0.15) is 18.5 Å². The minimum Gasteiger partial charge on any atom is -0.491 e. The summed E-state index contributed by atoms with van der Waals surface area (Å²) in [5.74, 6) is 1.13. The topological polar surface area (TPSA) is 64.3 Å². The normalized spacial score (nSPS) is 14.7. The Hall–Kier alpha value is -2.14. The predicted octanol–water partition coefficient (Wildman–Crippen LogP) is 2.30. The van der Waals surface area contributed by atoms with Crippen molar-refractivity contribution < 1.29 is 9.84 Å². The summed E-state index contributed by atoms with van der Waals surface area (Å²) >= 11 is 0. The standard InChI is InChI=1S/C19H24N2O3/c1-13(2)16-7-3-4-9-18(16)24-12-15(22)11-21-19(23)10-14-6-5-8-17(14)20-21/h3-4,7,9-10,13,15,22H,5-6,8,11-12H2,1-2H3. The molecule has 1 aromatic heterocycles. The molecule has 5 heteroatoms. The van der Waals surface area contributed by atoms with Gasteiger partial charge in [0.2, 0.25) is 0 Å². The Labute approximate surface area is 141 Å². The molecule has 128 valence electrons. The third-order valence-electron chi connectivity index (χ3n) is 4.38. The Morgan fingerprint density at radius 3 is 2.88 bits per heavy atom. The van der Waals surface area contributed by atoms with Crippen LogP contribution in [0.4, 0.5) is 0 Å². The van der Waals surface area contributed by atoms with Crippen LogP contribution in [0.25, 0.3) is 0 Å². The van der Waals surface area contributed by atoms with E-state index in [1.807, 2.05) is 24.3 Å². The predicted molar refractivity (Wildman–Crippen MR) is 92.6 cm³/mol. The van der Waals surface area contributed by atoms with E-state index >= 15 is 0 Å². The summed E-state index contributed by atoms with van der Waals surface area (Å²) in [6.45, 7) is 4.49. The zero-order valence-corrected chi connectivity index (χ0v) is 14.2. The molecule has 0 bridgehead atoms. The van der Waals surface area contributed by atoms with Crippen molar-refractivity contribution in [2.45, 2.75) is 51.7 Å². The van der Waals surface area contributed by atoms with Gasteiger partial charge in [0, 0.05) is 6.07 Å². The van der Waals surface area contributed by atoms with Gasteiger partial charge in [0.15, 0.2) is 0 Å². The Balaban J connectivity index is 1.65. The summed E-state index contributed by atoms with van der Waals surface area (Å²) in [7, 11) is 0. The lowest BCUT2D eigenvalue weighted by Gasteiger charge is -2.17. The molecule has 0 fully saturated rings. The fourth-order valence-corrected chi connectivity index (χ4v) is 3.10. The van der Waals surface area contributed by atoms with Crippen molar-refractivity contribution in [2.24, 2.45) is 0 Å². The lowest BCUT2D eigenvalue weighted by Crippen LogP contribution is -2.32. The zero-order chi connectivity index (χ0) is 17.1. The summed E-state index contributed by atoms with van der Waals surface area (Å²) in [6.07, 6.45) is 2.10. The highest BCUT2D eigenvalue weighted by atomic mass is 16.5. The molecule has 0 saturated carbocycles. The van der Waals surface area contributed by atoms with Gasteiger partial charge in [-0.2, -0.15) is 5.10 Å². The van der Waals surface area contributed by atoms with E-state index in [4.69, 9.17) is 4.74 Å². The minimum atomic E-state index is -0.783. The largest absolute Gasteiger partial charge is 0.491 e. The summed E-state index contributed by atoms with van der Waals surface area (Å²) in [6, 6.07) is 9.48. The smallest absolute Gasteiger partial charge is 0.267 e. The van der Waals surface area contributed by atoms with Crippen LogP contribution >= 0.6 is 0 Å². The molecule has 0 spiro atoms. The summed E-state index contributed by atoms with van der Waals surface area (Å²) in [4.78, 5) is 12.1. The molecule has 0 amide bonds. The average molecular weight is 328 g/mol. The fourth-order valence-electron chi connectivity index (χ4n) is 3.10. The maximum atomic E-state index is 12.1. The van der Waals surface area contributed by atoms with Crippen LogP contribution in [0.1, 0.15) is 43.0 Å². The number of benzene rings is 1. The molecule has 1 aliphatic rings. The lowest BCUT2D eigenvalue weighted by molar-refractivity contribution is 0.0872. The van der Waals surface area contributed by atoms with Crippen molar-refractivity contribution in [3.63, 3.8) is 0 Å². The van der Waals surface area contributed by atoms with Gasteiger partial charge in [-0.15, -0.1) is 0 Å². The third-order valence-corrected chi connectivity index (χ3v) is 4.38. The summed E-state index contributed by atoms with van der Waals surface area (Å²) in [5, 5.41) is 14.6. The lowest BCUT2D eigenvalue weighted by atomic mass is 10.0. The number of nitrogens with zero attached hydrogens (tertiary/aromatic N) is 2. The summed E-state index contributed by atoms with van der Waals surface area (Å²) < 4.78 is 7.13. The number of aliphatic hydroxyl groups is 1. The molecule has 0 radical (unpaired) electrons. The first-order valence-electron chi connectivity index (χ1n) is 8.54. The number of aliphatic hydroxyl groups excluding tert-OH is 1. The Bertz CT molecular complexity index is 767. The maximum Gasteiger partial charge on any atom is 0.267 e. The molecule has 1 heterocycles. The molecule has 1 atom stereocenters. The van der Waals surface area contributed by atoms with Gasteiger partial charge in [0.25, 0.3) is 5.56 Å². The van der Waals surface area contributed by atoms with Crippen molar-refractivity contribution in [3.05, 3.63) is 57.5 Å². The minimum absolute atomic E-state index is 0.134. The van der Waals surface area contributed by atoms with Crippen LogP contribution in [0.5, 0.6) is 5.75 Å².